The van der Waals surface area contributed by atoms with Gasteiger partial charge in [-0.15, -0.1) is 0 Å². The van der Waals surface area contributed by atoms with Gasteiger partial charge in [0.2, 0.25) is 5.95 Å². The number of rotatable bonds is 6. The zero-order valence-corrected chi connectivity index (χ0v) is 15.7. The summed E-state index contributed by atoms with van der Waals surface area (Å²) in [7, 11) is 3.68. The quantitative estimate of drug-likeness (QED) is 0.815. The highest BCUT2D eigenvalue weighted by Gasteiger charge is 2.20. The summed E-state index contributed by atoms with van der Waals surface area (Å²) < 4.78 is 11.3. The number of nitrogens with one attached hydrogen (secondary N) is 1. The largest absolute Gasteiger partial charge is 0.493 e. The molecule has 0 aliphatic carbocycles. The molecule has 2 heterocycles. The van der Waals surface area contributed by atoms with Crippen molar-refractivity contribution < 1.29 is 9.47 Å². The molecule has 1 aliphatic heterocycles. The van der Waals surface area contributed by atoms with Gasteiger partial charge in [-0.25, -0.2) is 4.98 Å². The normalized spacial score (nSPS) is 13.7. The Kier molecular flexibility index (Phi) is 5.78. The lowest BCUT2D eigenvalue weighted by Gasteiger charge is -2.24. The first-order valence-electron chi connectivity index (χ1n) is 8.99. The fourth-order valence-corrected chi connectivity index (χ4v) is 3.34. The van der Waals surface area contributed by atoms with Gasteiger partial charge in [0.05, 0.1) is 19.4 Å². The minimum absolute atomic E-state index is 0.322. The molecule has 7 heteroatoms. The molecular formula is C19H27N5O2. The average molecular weight is 357 g/mol. The van der Waals surface area contributed by atoms with Crippen molar-refractivity contribution in [2.45, 2.75) is 26.3 Å². The molecule has 1 aromatic heterocycles. The summed E-state index contributed by atoms with van der Waals surface area (Å²) in [6.07, 6.45) is 1.76. The molecule has 0 saturated heterocycles. The van der Waals surface area contributed by atoms with E-state index in [4.69, 9.17) is 15.2 Å². The lowest BCUT2D eigenvalue weighted by atomic mass is 10.1. The van der Waals surface area contributed by atoms with Crippen molar-refractivity contribution in [1.82, 2.24) is 15.3 Å². The summed E-state index contributed by atoms with van der Waals surface area (Å²) in [6.45, 7) is 5.03. The van der Waals surface area contributed by atoms with Gasteiger partial charge in [0.25, 0.3) is 0 Å². The summed E-state index contributed by atoms with van der Waals surface area (Å²) in [4.78, 5) is 11.1. The van der Waals surface area contributed by atoms with Crippen LogP contribution in [0.4, 0.5) is 11.8 Å². The SMILES string of the molecule is CCOc1c(CN(C)c2nc(N)nc3c2CCNCC3)cccc1OC. The Morgan fingerprint density at radius 2 is 2.04 bits per heavy atom. The zero-order chi connectivity index (χ0) is 18.5. The van der Waals surface area contributed by atoms with E-state index >= 15 is 0 Å². The molecule has 140 valence electrons. The summed E-state index contributed by atoms with van der Waals surface area (Å²) in [6, 6.07) is 5.94. The van der Waals surface area contributed by atoms with Gasteiger partial charge in [0.1, 0.15) is 5.82 Å². The second-order valence-corrected chi connectivity index (χ2v) is 6.32. The van der Waals surface area contributed by atoms with Gasteiger partial charge in [-0.3, -0.25) is 0 Å². The molecule has 1 aliphatic rings. The number of anilines is 2. The van der Waals surface area contributed by atoms with Crippen LogP contribution >= 0.6 is 0 Å². The van der Waals surface area contributed by atoms with Gasteiger partial charge in [0.15, 0.2) is 11.5 Å². The van der Waals surface area contributed by atoms with E-state index in [9.17, 15) is 0 Å². The lowest BCUT2D eigenvalue weighted by molar-refractivity contribution is 0.307. The third-order valence-electron chi connectivity index (χ3n) is 4.52. The van der Waals surface area contributed by atoms with Gasteiger partial charge in [-0.1, -0.05) is 12.1 Å². The maximum Gasteiger partial charge on any atom is 0.222 e. The van der Waals surface area contributed by atoms with Crippen LogP contribution in [0, 0.1) is 0 Å². The van der Waals surface area contributed by atoms with Crippen molar-refractivity contribution in [3.8, 4) is 11.5 Å². The Morgan fingerprint density at radius 1 is 1.23 bits per heavy atom. The van der Waals surface area contributed by atoms with E-state index in [-0.39, 0.29) is 0 Å². The summed E-state index contributed by atoms with van der Waals surface area (Å²) >= 11 is 0. The van der Waals surface area contributed by atoms with Crippen LogP contribution < -0.4 is 25.4 Å². The van der Waals surface area contributed by atoms with Gasteiger partial charge in [-0.05, 0) is 26.0 Å². The Bertz CT molecular complexity index is 766. The Balaban J connectivity index is 1.94. The first-order chi connectivity index (χ1) is 12.6. The monoisotopic (exact) mass is 357 g/mol. The summed E-state index contributed by atoms with van der Waals surface area (Å²) in [5.74, 6) is 2.73. The number of benzene rings is 1. The first kappa shape index (κ1) is 18.3. The topological polar surface area (TPSA) is 85.5 Å². The van der Waals surface area contributed by atoms with Gasteiger partial charge in [0, 0.05) is 37.7 Å². The number of fused-ring (bicyclic) bond motifs is 1. The van der Waals surface area contributed by atoms with E-state index in [2.05, 4.69) is 26.3 Å². The van der Waals surface area contributed by atoms with Gasteiger partial charge in [-0.2, -0.15) is 4.98 Å². The van der Waals surface area contributed by atoms with Crippen molar-refractivity contribution in [3.63, 3.8) is 0 Å². The Hall–Kier alpha value is -2.54. The average Bonchev–Trinajstić information content (AvgIpc) is 2.87. The molecule has 0 atom stereocenters. The van der Waals surface area contributed by atoms with E-state index < -0.39 is 0 Å². The number of nitrogens with two attached hydrogens (primary N) is 1. The Morgan fingerprint density at radius 3 is 2.81 bits per heavy atom. The number of nitrogen functional groups attached to an aromatic ring is 1. The fraction of sp³-hybridized carbons (Fsp3) is 0.474. The molecule has 0 fully saturated rings. The van der Waals surface area contributed by atoms with Crippen LogP contribution in [0.15, 0.2) is 18.2 Å². The molecule has 7 nitrogen and oxygen atoms in total. The molecule has 0 spiro atoms. The van der Waals surface area contributed by atoms with Crippen LogP contribution in [0.1, 0.15) is 23.7 Å². The molecule has 0 bridgehead atoms. The van der Waals surface area contributed by atoms with Crippen molar-refractivity contribution in [2.75, 3.05) is 44.5 Å². The number of hydrogen-bond acceptors (Lipinski definition) is 7. The fourth-order valence-electron chi connectivity index (χ4n) is 3.34. The van der Waals surface area contributed by atoms with Gasteiger partial charge < -0.3 is 25.4 Å². The minimum atomic E-state index is 0.322. The van der Waals surface area contributed by atoms with E-state index in [1.807, 2.05) is 26.1 Å². The number of methoxy groups -OCH3 is 1. The van der Waals surface area contributed by atoms with Crippen LogP contribution in [0.2, 0.25) is 0 Å². The van der Waals surface area contributed by atoms with Crippen LogP contribution in [0.25, 0.3) is 0 Å². The molecule has 0 radical (unpaired) electrons. The van der Waals surface area contributed by atoms with Crippen molar-refractivity contribution in [1.29, 1.82) is 0 Å². The van der Waals surface area contributed by atoms with E-state index in [0.29, 0.717) is 19.1 Å². The van der Waals surface area contributed by atoms with Crippen LogP contribution in [-0.2, 0) is 19.4 Å². The first-order valence-corrected chi connectivity index (χ1v) is 8.99. The van der Waals surface area contributed by atoms with E-state index in [0.717, 1.165) is 54.5 Å². The zero-order valence-electron chi connectivity index (χ0n) is 15.7. The second-order valence-electron chi connectivity index (χ2n) is 6.32. The molecule has 3 N–H and O–H groups in total. The highest BCUT2D eigenvalue weighted by Crippen LogP contribution is 2.33. The van der Waals surface area contributed by atoms with Crippen molar-refractivity contribution in [3.05, 3.63) is 35.0 Å². The smallest absolute Gasteiger partial charge is 0.222 e. The minimum Gasteiger partial charge on any atom is -0.493 e. The highest BCUT2D eigenvalue weighted by molar-refractivity contribution is 5.54. The van der Waals surface area contributed by atoms with Crippen molar-refractivity contribution in [2.24, 2.45) is 0 Å². The number of para-hydroxylation sites is 1. The highest BCUT2D eigenvalue weighted by atomic mass is 16.5. The molecule has 1 aromatic carbocycles. The van der Waals surface area contributed by atoms with E-state index in [1.165, 1.54) is 5.56 Å². The summed E-state index contributed by atoms with van der Waals surface area (Å²) in [5, 5.41) is 3.41. The molecule has 0 unspecified atom stereocenters. The van der Waals surface area contributed by atoms with Crippen molar-refractivity contribution >= 4 is 11.8 Å². The summed E-state index contributed by atoms with van der Waals surface area (Å²) in [5.41, 5.74) is 9.24. The molecule has 0 saturated carbocycles. The predicted octanol–water partition coefficient (Wildman–Crippen LogP) is 1.79. The molecule has 26 heavy (non-hydrogen) atoms. The van der Waals surface area contributed by atoms with Crippen LogP contribution in [0.5, 0.6) is 11.5 Å². The Labute approximate surface area is 154 Å². The standard InChI is InChI=1S/C19H27N5O2/c1-4-26-17-13(6-5-7-16(17)25-3)12-24(2)18-14-8-10-21-11-9-15(14)22-19(20)23-18/h5-7,21H,4,8-12H2,1-3H3,(H2,20,22,23). The lowest BCUT2D eigenvalue weighted by Crippen LogP contribution is -2.22. The molecule has 0 amide bonds. The number of hydrogen-bond donors (Lipinski definition) is 2. The third kappa shape index (κ3) is 3.83. The maximum absolute atomic E-state index is 5.97. The number of nitrogens with zero attached hydrogens (tertiary/aromatic N) is 3. The number of aromatic nitrogens is 2. The second kappa shape index (κ2) is 8.23. The van der Waals surface area contributed by atoms with Gasteiger partial charge >= 0.3 is 0 Å². The molecule has 2 aromatic rings. The maximum atomic E-state index is 5.97. The third-order valence-corrected chi connectivity index (χ3v) is 4.52. The molecular weight excluding hydrogens is 330 g/mol. The predicted molar refractivity (Wildman–Crippen MR) is 103 cm³/mol. The molecule has 3 rings (SSSR count). The van der Waals surface area contributed by atoms with Crippen LogP contribution in [0.3, 0.4) is 0 Å². The van der Waals surface area contributed by atoms with Crippen LogP contribution in [-0.4, -0.2) is 43.8 Å². The van der Waals surface area contributed by atoms with E-state index in [1.54, 1.807) is 7.11 Å². The number of ether oxygens (including phenoxy) is 2.